The van der Waals surface area contributed by atoms with Crippen LogP contribution in [0.1, 0.15) is 20.8 Å². The molecule has 2 heterocycles. The molecule has 0 aliphatic carbocycles. The minimum atomic E-state index is -0.866. The lowest BCUT2D eigenvalue weighted by Crippen LogP contribution is -2.46. The van der Waals surface area contributed by atoms with Crippen LogP contribution < -0.4 is 16.2 Å². The van der Waals surface area contributed by atoms with Crippen LogP contribution in [0.25, 0.3) is 5.82 Å². The Hall–Kier alpha value is -3.16. The van der Waals surface area contributed by atoms with Crippen molar-refractivity contribution >= 4 is 80.4 Å². The molecule has 0 unspecified atom stereocenters. The summed E-state index contributed by atoms with van der Waals surface area (Å²) in [6.45, 7) is 3.53. The summed E-state index contributed by atoms with van der Waals surface area (Å²) >= 11 is 12.8. The predicted molar refractivity (Wildman–Crippen MR) is 138 cm³/mol. The van der Waals surface area contributed by atoms with Gasteiger partial charge in [0.05, 0.1) is 24.2 Å². The molecule has 10 nitrogen and oxygen atoms in total. The number of nitrogens with one attached hydrogen (secondary N) is 2. The Balaban J connectivity index is 2.03. The van der Waals surface area contributed by atoms with Crippen LogP contribution >= 0.6 is 43.5 Å². The molecule has 0 saturated heterocycles. The summed E-state index contributed by atoms with van der Waals surface area (Å²) in [4.78, 5) is 42.5. The Bertz CT molecular complexity index is 1320. The van der Waals surface area contributed by atoms with Crippen molar-refractivity contribution in [1.82, 2.24) is 25.2 Å². The fraction of sp³-hybridized carbons (Fsp3) is 0.0952. The number of hydrogen-bond donors (Lipinski definition) is 2. The quantitative estimate of drug-likeness (QED) is 0.247. The first kappa shape index (κ1) is 26.4. The van der Waals surface area contributed by atoms with E-state index in [-0.39, 0.29) is 39.8 Å². The zero-order chi connectivity index (χ0) is 25.7. The highest BCUT2D eigenvalue weighted by Crippen LogP contribution is 2.24. The smallest absolute Gasteiger partial charge is 0.425 e. The van der Waals surface area contributed by atoms with E-state index in [4.69, 9.17) is 19.4 Å². The first-order chi connectivity index (χ1) is 16.7. The minimum absolute atomic E-state index is 0.00974. The van der Waals surface area contributed by atoms with Crippen molar-refractivity contribution in [2.24, 2.45) is 0 Å². The van der Waals surface area contributed by atoms with E-state index in [9.17, 15) is 14.4 Å². The van der Waals surface area contributed by atoms with E-state index in [0.717, 1.165) is 12.1 Å². The molecule has 0 aliphatic rings. The lowest BCUT2D eigenvalue weighted by Gasteiger charge is -2.23. The molecular formula is C21H16BBr2ClN6O4. The topological polar surface area (TPSA) is 118 Å². The molecule has 2 radical (unpaired) electrons. The summed E-state index contributed by atoms with van der Waals surface area (Å²) in [5, 5.41) is 8.12. The van der Waals surface area contributed by atoms with Crippen LogP contribution in [0.15, 0.2) is 58.3 Å². The molecule has 0 atom stereocenters. The molecule has 0 fully saturated rings. The molecule has 178 valence electrons. The Morgan fingerprint density at radius 1 is 1.31 bits per heavy atom. The van der Waals surface area contributed by atoms with E-state index < -0.39 is 17.9 Å². The molecule has 0 aliphatic heterocycles. The number of carbonyl (C=O) groups is 3. The van der Waals surface area contributed by atoms with Gasteiger partial charge < -0.3 is 10.1 Å². The van der Waals surface area contributed by atoms with Crippen molar-refractivity contribution < 1.29 is 19.1 Å². The van der Waals surface area contributed by atoms with Crippen LogP contribution in [0.5, 0.6) is 0 Å². The van der Waals surface area contributed by atoms with Gasteiger partial charge in [0.15, 0.2) is 5.82 Å². The number of amides is 3. The van der Waals surface area contributed by atoms with Gasteiger partial charge >= 0.3 is 6.09 Å². The van der Waals surface area contributed by atoms with Crippen molar-refractivity contribution in [3.8, 4) is 5.82 Å². The molecule has 0 bridgehead atoms. The number of halogens is 3. The summed E-state index contributed by atoms with van der Waals surface area (Å²) < 4.78 is 6.64. The first-order valence-corrected chi connectivity index (χ1v) is 11.7. The van der Waals surface area contributed by atoms with Crippen molar-refractivity contribution in [3.63, 3.8) is 0 Å². The molecule has 35 heavy (non-hydrogen) atoms. The van der Waals surface area contributed by atoms with Crippen LogP contribution in [0.3, 0.4) is 0 Å². The van der Waals surface area contributed by atoms with Gasteiger partial charge in [-0.1, -0.05) is 45.1 Å². The number of hydrazine groups is 1. The Labute approximate surface area is 223 Å². The summed E-state index contributed by atoms with van der Waals surface area (Å²) in [7, 11) is 7.31. The number of carbonyl (C=O) groups excluding carboxylic acids is 3. The average Bonchev–Trinajstić information content (AvgIpc) is 3.21. The van der Waals surface area contributed by atoms with Crippen LogP contribution in [0.4, 0.5) is 10.5 Å². The summed E-state index contributed by atoms with van der Waals surface area (Å²) in [6.07, 6.45) is 2.04. The maximum Gasteiger partial charge on any atom is 0.425 e. The van der Waals surface area contributed by atoms with Crippen LogP contribution in [0.2, 0.25) is 5.02 Å². The summed E-state index contributed by atoms with van der Waals surface area (Å²) in [5.74, 6) is -1.10. The number of nitrogens with zero attached hydrogens (tertiary/aromatic N) is 4. The van der Waals surface area contributed by atoms with Crippen molar-refractivity contribution in [2.75, 3.05) is 19.0 Å². The van der Waals surface area contributed by atoms with Gasteiger partial charge in [-0.05, 0) is 34.1 Å². The van der Waals surface area contributed by atoms with E-state index in [1.54, 1.807) is 12.1 Å². The second-order valence-electron chi connectivity index (χ2n) is 6.75. The molecule has 3 aromatic rings. The Morgan fingerprint density at radius 3 is 2.71 bits per heavy atom. The highest BCUT2D eigenvalue weighted by Gasteiger charge is 2.25. The zero-order valence-corrected chi connectivity index (χ0v) is 22.0. The highest BCUT2D eigenvalue weighted by molar-refractivity contribution is 9.10. The standard InChI is InChI=1S/C21H16BBr2ClN6O4/c1-3-7-30(29-21(34)35-2)20(33)12-8-11(23)9-13(22)17(12)27-19(32)15-10-16(24)28-31(15)18-14(25)5-4-6-26-18/h3-6,8-10H,1,7H2,2H3,(H,27,32)(H,29,34). The summed E-state index contributed by atoms with van der Waals surface area (Å²) in [5.41, 5.74) is 2.46. The average molecular weight is 622 g/mol. The monoisotopic (exact) mass is 620 g/mol. The number of hydrogen-bond acceptors (Lipinski definition) is 6. The van der Waals surface area contributed by atoms with Gasteiger partial charge in [0, 0.05) is 22.4 Å². The molecule has 0 saturated carbocycles. The van der Waals surface area contributed by atoms with Crippen molar-refractivity contribution in [2.45, 2.75) is 0 Å². The van der Waals surface area contributed by atoms with Gasteiger partial charge in [-0.3, -0.25) is 9.59 Å². The third-order valence-electron chi connectivity index (χ3n) is 4.42. The summed E-state index contributed by atoms with van der Waals surface area (Å²) in [6, 6.07) is 7.67. The molecule has 3 amide bonds. The second kappa shape index (κ2) is 11.5. The highest BCUT2D eigenvalue weighted by atomic mass is 79.9. The Kier molecular flexibility index (Phi) is 8.70. The second-order valence-corrected chi connectivity index (χ2v) is 8.89. The van der Waals surface area contributed by atoms with Gasteiger partial charge in [-0.15, -0.1) is 6.58 Å². The van der Waals surface area contributed by atoms with Crippen molar-refractivity contribution in [1.29, 1.82) is 0 Å². The minimum Gasteiger partial charge on any atom is -0.452 e. The molecular weight excluding hydrogens is 606 g/mol. The fourth-order valence-electron chi connectivity index (χ4n) is 2.93. The SMILES string of the molecule is [B]c1cc(Br)cc(C(=O)N(CC=C)NC(=O)OC)c1NC(=O)c1cc(Br)nn1-c1ncccc1Cl. The molecule has 0 spiro atoms. The number of aromatic nitrogens is 3. The van der Waals surface area contributed by atoms with Gasteiger partial charge in [-0.25, -0.2) is 24.9 Å². The van der Waals surface area contributed by atoms with Gasteiger partial charge in [0.1, 0.15) is 18.1 Å². The third-order valence-corrected chi connectivity index (χ3v) is 5.56. The number of pyridine rings is 1. The maximum absolute atomic E-state index is 13.3. The van der Waals surface area contributed by atoms with E-state index in [1.165, 1.54) is 35.2 Å². The van der Waals surface area contributed by atoms with Gasteiger partial charge in [0.25, 0.3) is 11.8 Å². The number of rotatable bonds is 6. The Morgan fingerprint density at radius 2 is 2.06 bits per heavy atom. The normalized spacial score (nSPS) is 10.4. The molecule has 2 aromatic heterocycles. The van der Waals surface area contributed by atoms with Crippen LogP contribution in [0, 0.1) is 0 Å². The third kappa shape index (κ3) is 6.10. The van der Waals surface area contributed by atoms with E-state index >= 15 is 0 Å². The number of methoxy groups -OCH3 is 1. The van der Waals surface area contributed by atoms with E-state index in [1.807, 2.05) is 0 Å². The largest absolute Gasteiger partial charge is 0.452 e. The maximum atomic E-state index is 13.3. The zero-order valence-electron chi connectivity index (χ0n) is 18.1. The number of anilines is 1. The number of benzene rings is 1. The van der Waals surface area contributed by atoms with Gasteiger partial charge in [0.2, 0.25) is 0 Å². The van der Waals surface area contributed by atoms with Crippen LogP contribution in [-0.2, 0) is 4.74 Å². The lowest BCUT2D eigenvalue weighted by atomic mass is 9.91. The predicted octanol–water partition coefficient (Wildman–Crippen LogP) is 3.39. The molecule has 3 rings (SSSR count). The molecule has 1 aromatic carbocycles. The fourth-order valence-corrected chi connectivity index (χ4v) is 3.98. The number of ether oxygens (including phenoxy) is 1. The van der Waals surface area contributed by atoms with Crippen LogP contribution in [-0.4, -0.2) is 59.2 Å². The molecule has 2 N–H and O–H groups in total. The van der Waals surface area contributed by atoms with E-state index in [0.29, 0.717) is 9.08 Å². The van der Waals surface area contributed by atoms with E-state index in [2.05, 4.69) is 64.0 Å². The van der Waals surface area contributed by atoms with Gasteiger partial charge in [-0.2, -0.15) is 5.10 Å². The molecule has 14 heteroatoms. The van der Waals surface area contributed by atoms with Crippen molar-refractivity contribution in [3.05, 3.63) is 74.5 Å². The lowest BCUT2D eigenvalue weighted by molar-refractivity contribution is 0.0659. The first-order valence-electron chi connectivity index (χ1n) is 9.70.